The van der Waals surface area contributed by atoms with Crippen molar-refractivity contribution in [2.24, 2.45) is 0 Å². The van der Waals surface area contributed by atoms with Crippen molar-refractivity contribution in [1.82, 2.24) is 9.97 Å². The fraction of sp³-hybridized carbons (Fsp3) is 0.267. The molecule has 0 bridgehead atoms. The molecule has 1 unspecified atom stereocenters. The van der Waals surface area contributed by atoms with Crippen LogP contribution in [-0.4, -0.2) is 26.3 Å². The lowest BCUT2D eigenvalue weighted by Gasteiger charge is -2.12. The van der Waals surface area contributed by atoms with Crippen LogP contribution in [0.25, 0.3) is 0 Å². The van der Waals surface area contributed by atoms with Gasteiger partial charge in [-0.05, 0) is 25.0 Å². The van der Waals surface area contributed by atoms with E-state index in [2.05, 4.69) is 9.97 Å². The van der Waals surface area contributed by atoms with Gasteiger partial charge in [0.2, 0.25) is 0 Å². The largest absolute Gasteiger partial charge is 0.480 e. The van der Waals surface area contributed by atoms with E-state index >= 15 is 0 Å². The molecule has 21 heavy (non-hydrogen) atoms. The molecule has 0 spiro atoms. The van der Waals surface area contributed by atoms with Crippen molar-refractivity contribution in [3.63, 3.8) is 0 Å². The maximum Gasteiger partial charge on any atom is 0.316 e. The van der Waals surface area contributed by atoms with Gasteiger partial charge in [-0.25, -0.2) is 9.97 Å². The van der Waals surface area contributed by atoms with Crippen molar-refractivity contribution >= 4 is 29.3 Å². The summed E-state index contributed by atoms with van der Waals surface area (Å²) in [6.45, 7) is 1.83. The Kier molecular flexibility index (Phi) is 5.59. The highest BCUT2D eigenvalue weighted by Gasteiger charge is 2.19. The van der Waals surface area contributed by atoms with Gasteiger partial charge in [0.05, 0.1) is 5.75 Å². The van der Waals surface area contributed by atoms with Crippen molar-refractivity contribution < 1.29 is 9.90 Å². The van der Waals surface area contributed by atoms with Crippen LogP contribution in [0.2, 0.25) is 5.15 Å². The molecule has 0 saturated heterocycles. The zero-order valence-corrected chi connectivity index (χ0v) is 13.1. The number of hydrogen-bond acceptors (Lipinski definition) is 4. The Balaban J connectivity index is 2.02. The average Bonchev–Trinajstić information content (AvgIpc) is 2.43. The number of rotatable bonds is 6. The second kappa shape index (κ2) is 7.43. The van der Waals surface area contributed by atoms with Gasteiger partial charge in [-0.15, -0.1) is 11.8 Å². The van der Waals surface area contributed by atoms with E-state index in [1.807, 2.05) is 37.3 Å². The topological polar surface area (TPSA) is 63.1 Å². The number of aromatic nitrogens is 2. The lowest BCUT2D eigenvalue weighted by Crippen LogP contribution is -2.19. The Bertz CT molecular complexity index is 602. The maximum absolute atomic E-state index is 11.4. The summed E-state index contributed by atoms with van der Waals surface area (Å²) in [7, 11) is 0. The number of halogens is 1. The summed E-state index contributed by atoms with van der Waals surface area (Å²) in [5.41, 5.74) is 1.78. The standard InChI is InChI=1S/C15H15ClN2O2S/c1-10-7-13(16)18-14(17-10)9-21-12(15(19)20)8-11-5-3-2-4-6-11/h2-7,12H,8-9H2,1H3,(H,19,20). The molecule has 1 heterocycles. The molecule has 0 amide bonds. The number of carboxylic acids is 1. The normalized spacial score (nSPS) is 12.1. The van der Waals surface area contributed by atoms with Crippen LogP contribution in [0, 0.1) is 6.92 Å². The fourth-order valence-electron chi connectivity index (χ4n) is 1.87. The van der Waals surface area contributed by atoms with E-state index in [1.165, 1.54) is 11.8 Å². The first-order valence-electron chi connectivity index (χ1n) is 6.43. The third-order valence-electron chi connectivity index (χ3n) is 2.82. The number of thioether (sulfide) groups is 1. The van der Waals surface area contributed by atoms with Crippen LogP contribution >= 0.6 is 23.4 Å². The number of hydrogen-bond donors (Lipinski definition) is 1. The molecule has 0 aliphatic heterocycles. The Morgan fingerprint density at radius 3 is 2.67 bits per heavy atom. The number of aliphatic carboxylic acids is 1. The first kappa shape index (κ1) is 15.8. The van der Waals surface area contributed by atoms with Crippen molar-refractivity contribution in [2.45, 2.75) is 24.3 Å². The van der Waals surface area contributed by atoms with Gasteiger partial charge in [-0.3, -0.25) is 4.79 Å². The van der Waals surface area contributed by atoms with E-state index in [1.54, 1.807) is 6.07 Å². The van der Waals surface area contributed by atoms with E-state index in [9.17, 15) is 9.90 Å². The molecular weight excluding hydrogens is 308 g/mol. The van der Waals surface area contributed by atoms with Crippen LogP contribution in [0.1, 0.15) is 17.1 Å². The molecule has 0 saturated carbocycles. The minimum absolute atomic E-state index is 0.382. The zero-order chi connectivity index (χ0) is 15.2. The average molecular weight is 323 g/mol. The van der Waals surface area contributed by atoms with Crippen LogP contribution in [0.15, 0.2) is 36.4 Å². The van der Waals surface area contributed by atoms with Crippen LogP contribution in [0.4, 0.5) is 0 Å². The van der Waals surface area contributed by atoms with Gasteiger partial charge in [0.25, 0.3) is 0 Å². The summed E-state index contributed by atoms with van der Waals surface area (Å²) in [5.74, 6) is 0.150. The first-order chi connectivity index (χ1) is 10.0. The molecule has 0 fully saturated rings. The fourth-order valence-corrected chi connectivity index (χ4v) is 3.06. The van der Waals surface area contributed by atoms with Gasteiger partial charge in [-0.1, -0.05) is 41.9 Å². The second-order valence-corrected chi connectivity index (χ2v) is 6.15. The minimum atomic E-state index is -0.831. The molecule has 0 aliphatic carbocycles. The maximum atomic E-state index is 11.4. The smallest absolute Gasteiger partial charge is 0.316 e. The van der Waals surface area contributed by atoms with Crippen LogP contribution in [0.3, 0.4) is 0 Å². The third-order valence-corrected chi connectivity index (χ3v) is 4.21. The first-order valence-corrected chi connectivity index (χ1v) is 7.85. The molecule has 6 heteroatoms. The highest BCUT2D eigenvalue weighted by molar-refractivity contribution is 7.99. The van der Waals surface area contributed by atoms with Gasteiger partial charge in [-0.2, -0.15) is 0 Å². The lowest BCUT2D eigenvalue weighted by molar-refractivity contribution is -0.136. The Hall–Kier alpha value is -1.59. The molecule has 1 atom stereocenters. The minimum Gasteiger partial charge on any atom is -0.480 e. The van der Waals surface area contributed by atoms with Gasteiger partial charge < -0.3 is 5.11 Å². The van der Waals surface area contributed by atoms with Crippen LogP contribution in [-0.2, 0) is 17.0 Å². The summed E-state index contributed by atoms with van der Waals surface area (Å²) < 4.78 is 0. The number of aryl methyl sites for hydroxylation is 1. The van der Waals surface area contributed by atoms with Crippen molar-refractivity contribution in [3.8, 4) is 0 Å². The Morgan fingerprint density at radius 1 is 1.33 bits per heavy atom. The summed E-state index contributed by atoms with van der Waals surface area (Å²) >= 11 is 7.19. The highest BCUT2D eigenvalue weighted by atomic mass is 35.5. The summed E-state index contributed by atoms with van der Waals surface area (Å²) in [5, 5.41) is 9.18. The molecule has 1 aromatic heterocycles. The molecule has 1 N–H and O–H groups in total. The van der Waals surface area contributed by atoms with E-state index < -0.39 is 11.2 Å². The molecular formula is C15H15ClN2O2S. The quantitative estimate of drug-likeness (QED) is 0.826. The Labute approximate surface area is 132 Å². The van der Waals surface area contributed by atoms with E-state index in [-0.39, 0.29) is 0 Å². The second-order valence-electron chi connectivity index (χ2n) is 4.58. The predicted molar refractivity (Wildman–Crippen MR) is 84.6 cm³/mol. The van der Waals surface area contributed by atoms with Crippen LogP contribution in [0.5, 0.6) is 0 Å². The van der Waals surface area contributed by atoms with Gasteiger partial charge in [0.15, 0.2) is 0 Å². The molecule has 1 aromatic carbocycles. The SMILES string of the molecule is Cc1cc(Cl)nc(CSC(Cc2ccccc2)C(=O)O)n1. The molecule has 0 aliphatic rings. The third kappa shape index (κ3) is 5.02. The van der Waals surface area contributed by atoms with Crippen molar-refractivity contribution in [2.75, 3.05) is 0 Å². The van der Waals surface area contributed by atoms with E-state index in [0.717, 1.165) is 11.3 Å². The number of carbonyl (C=O) groups is 1. The van der Waals surface area contributed by atoms with Gasteiger partial charge in [0.1, 0.15) is 16.2 Å². The molecule has 2 rings (SSSR count). The molecule has 110 valence electrons. The number of carboxylic acid groups (broad SMARTS) is 1. The van der Waals surface area contributed by atoms with Gasteiger partial charge >= 0.3 is 5.97 Å². The number of benzene rings is 1. The van der Waals surface area contributed by atoms with Crippen LogP contribution < -0.4 is 0 Å². The predicted octanol–water partition coefficient (Wildman–Crippen LogP) is 3.37. The lowest BCUT2D eigenvalue weighted by atomic mass is 10.1. The highest BCUT2D eigenvalue weighted by Crippen LogP contribution is 2.21. The number of nitrogens with zero attached hydrogens (tertiary/aromatic N) is 2. The van der Waals surface area contributed by atoms with E-state index in [4.69, 9.17) is 11.6 Å². The summed E-state index contributed by atoms with van der Waals surface area (Å²) in [4.78, 5) is 19.7. The monoisotopic (exact) mass is 322 g/mol. The summed E-state index contributed by atoms with van der Waals surface area (Å²) in [6, 6.07) is 11.3. The molecule has 4 nitrogen and oxygen atoms in total. The van der Waals surface area contributed by atoms with Crippen molar-refractivity contribution in [1.29, 1.82) is 0 Å². The summed E-state index contributed by atoms with van der Waals surface area (Å²) in [6.07, 6.45) is 0.473. The Morgan fingerprint density at radius 2 is 2.05 bits per heavy atom. The molecule has 0 radical (unpaired) electrons. The van der Waals surface area contributed by atoms with E-state index in [0.29, 0.717) is 23.2 Å². The molecule has 2 aromatic rings. The van der Waals surface area contributed by atoms with Crippen molar-refractivity contribution in [3.05, 3.63) is 58.6 Å². The van der Waals surface area contributed by atoms with Gasteiger partial charge in [0, 0.05) is 5.69 Å². The zero-order valence-electron chi connectivity index (χ0n) is 11.5.